The molecule has 4 aliphatic heterocycles. The summed E-state index contributed by atoms with van der Waals surface area (Å²) < 4.78 is 49.7. The molecule has 12 rings (SSSR count). The van der Waals surface area contributed by atoms with Crippen LogP contribution in [0.2, 0.25) is 0 Å². The zero-order valence-electron chi connectivity index (χ0n) is 53.5. The maximum Gasteiger partial charge on any atom is 0.297 e. The molecule has 0 aromatic heterocycles. The van der Waals surface area contributed by atoms with Gasteiger partial charge in [-0.2, -0.15) is 13.7 Å². The summed E-state index contributed by atoms with van der Waals surface area (Å²) in [5, 5.41) is 17.6. The Morgan fingerprint density at radius 3 is 1.23 bits per heavy atom. The van der Waals surface area contributed by atoms with E-state index in [0.29, 0.717) is 78.8 Å². The van der Waals surface area contributed by atoms with Crippen LogP contribution >= 0.6 is 10.7 Å². The highest BCUT2D eigenvalue weighted by Crippen LogP contribution is 2.64. The maximum atomic E-state index is 12.4. The molecule has 22 nitrogen and oxygen atoms in total. The molecular formula is C66H98ClN9O13S2. The van der Waals surface area contributed by atoms with Crippen molar-refractivity contribution in [2.45, 2.75) is 234 Å². The Hall–Kier alpha value is -5.71. The Balaban J connectivity index is 0.000000159. The average molecular weight is 1330 g/mol. The summed E-state index contributed by atoms with van der Waals surface area (Å²) in [6.07, 6.45) is 29.2. The number of aliphatic hydroxyl groups excluding tert-OH is 1. The number of primary amides is 3. The predicted molar refractivity (Wildman–Crippen MR) is 342 cm³/mol. The van der Waals surface area contributed by atoms with E-state index in [1.807, 2.05) is 4.90 Å². The van der Waals surface area contributed by atoms with Gasteiger partial charge in [-0.3, -0.25) is 37.7 Å². The molecule has 0 spiro atoms. The van der Waals surface area contributed by atoms with E-state index < -0.39 is 68.1 Å². The monoisotopic (exact) mass is 1320 g/mol. The first kappa shape index (κ1) is 72.7. The summed E-state index contributed by atoms with van der Waals surface area (Å²) in [5.41, 5.74) is 24.7. The largest absolute Gasteiger partial charge is 0.387 e. The van der Waals surface area contributed by atoms with Crippen molar-refractivity contribution in [2.24, 2.45) is 50.0 Å². The van der Waals surface area contributed by atoms with Gasteiger partial charge in [0.05, 0.1) is 15.9 Å². The highest BCUT2D eigenvalue weighted by atomic mass is 35.7. The molecule has 25 heteroatoms. The summed E-state index contributed by atoms with van der Waals surface area (Å²) in [5.74, 6) is -2.04. The third kappa shape index (κ3) is 19.2. The number of aliphatic hydroxyl groups is 1. The third-order valence-electron chi connectivity index (χ3n) is 21.6. The molecule has 0 radical (unpaired) electrons. The molecule has 2 aromatic rings. The Kier molecular flexibility index (Phi) is 24.4. The first-order chi connectivity index (χ1) is 42.8. The first-order valence-electron chi connectivity index (χ1n) is 32.6. The number of nitrogens with two attached hydrogens (primary N) is 4. The van der Waals surface area contributed by atoms with Crippen molar-refractivity contribution >= 4 is 71.2 Å². The molecular weight excluding hydrogens is 1230 g/mol. The summed E-state index contributed by atoms with van der Waals surface area (Å²) in [6.45, 7) is 8.40. The number of carbonyl (C=O) groups excluding carboxylic acids is 7. The van der Waals surface area contributed by atoms with Crippen LogP contribution in [0, 0.1) is 38.4 Å². The fourth-order valence-electron chi connectivity index (χ4n) is 16.4. The number of hydrogen-bond donors (Lipinski definition) is 5. The number of nitrogens with zero attached hydrogens (tertiary/aromatic N) is 5. The summed E-state index contributed by atoms with van der Waals surface area (Å²) in [6, 6.07) is 16.0. The van der Waals surface area contributed by atoms with Crippen molar-refractivity contribution in [2.75, 3.05) is 39.4 Å². The summed E-state index contributed by atoms with van der Waals surface area (Å²) in [4.78, 5) is 87.3. The number of carbonyl (C=O) groups is 7. The Bertz CT molecular complexity index is 3150. The van der Waals surface area contributed by atoms with Crippen LogP contribution < -0.4 is 22.9 Å². The molecule has 6 saturated carbocycles. The van der Waals surface area contributed by atoms with Crippen LogP contribution in [0.4, 0.5) is 0 Å². The SMILES string of the molecule is CC12CCC(CCC(=O)N3CCCC3C#N)(CC1)C2.CC12CCC(CCC(=O)N3CCCC3C(N)=O)(CC1)C2.CC12CCC(N)(CC1)C2.NC(=O)C1CCCN1C(=O)CO.NC(=O)C1CCCN1C(=O)COS(=O)(=O)c1ccccc1.O=S(=O)(Cl)c1ccccc1. The minimum atomic E-state index is -3.99. The fraction of sp³-hybridized carbons (Fsp3) is 0.697. The lowest BCUT2D eigenvalue weighted by atomic mass is 9.79. The Morgan fingerprint density at radius 2 is 0.901 bits per heavy atom. The molecule has 4 saturated heterocycles. The Labute approximate surface area is 542 Å². The van der Waals surface area contributed by atoms with Crippen molar-refractivity contribution in [1.82, 2.24) is 19.6 Å². The minimum absolute atomic E-state index is 0.0225. The van der Waals surface area contributed by atoms with Gasteiger partial charge in [-0.05, 0) is 212 Å². The molecule has 504 valence electrons. The molecule has 10 fully saturated rings. The van der Waals surface area contributed by atoms with Crippen LogP contribution in [-0.2, 0) is 56.9 Å². The lowest BCUT2D eigenvalue weighted by Crippen LogP contribution is -2.45. The van der Waals surface area contributed by atoms with E-state index in [0.717, 1.165) is 51.5 Å². The number of fused-ring (bicyclic) bond motifs is 6. The van der Waals surface area contributed by atoms with E-state index in [-0.39, 0.29) is 45.1 Å². The topological polar surface area (TPSA) is 358 Å². The second-order valence-corrected chi connectivity index (χ2v) is 32.8. The zero-order valence-corrected chi connectivity index (χ0v) is 55.9. The molecule has 6 bridgehead atoms. The lowest BCUT2D eigenvalue weighted by molar-refractivity contribution is -0.139. The van der Waals surface area contributed by atoms with Crippen LogP contribution in [0.25, 0.3) is 0 Å². The van der Waals surface area contributed by atoms with E-state index in [1.54, 1.807) is 41.3 Å². The molecule has 6 aliphatic carbocycles. The van der Waals surface area contributed by atoms with Crippen LogP contribution in [0.3, 0.4) is 0 Å². The second-order valence-electron chi connectivity index (χ2n) is 28.6. The van der Waals surface area contributed by atoms with Crippen molar-refractivity contribution in [3.8, 4) is 6.07 Å². The highest BCUT2D eigenvalue weighted by Gasteiger charge is 2.53. The first-order valence-corrected chi connectivity index (χ1v) is 36.3. The Morgan fingerprint density at radius 1 is 0.538 bits per heavy atom. The number of amides is 7. The van der Waals surface area contributed by atoms with Crippen molar-refractivity contribution in [3.05, 3.63) is 60.7 Å². The van der Waals surface area contributed by atoms with Gasteiger partial charge in [-0.1, -0.05) is 57.2 Å². The number of halogens is 1. The second kappa shape index (κ2) is 30.6. The van der Waals surface area contributed by atoms with E-state index in [9.17, 15) is 50.4 Å². The van der Waals surface area contributed by atoms with Gasteiger partial charge in [0.2, 0.25) is 35.4 Å². The average Bonchev–Trinajstić information content (AvgIpc) is 1.64. The molecule has 9 N–H and O–H groups in total. The van der Waals surface area contributed by atoms with Crippen LogP contribution in [0.5, 0.6) is 0 Å². The predicted octanol–water partition coefficient (Wildman–Crippen LogP) is 7.07. The molecule has 91 heavy (non-hydrogen) atoms. The van der Waals surface area contributed by atoms with Gasteiger partial charge in [-0.15, -0.1) is 0 Å². The number of nitriles is 1. The molecule has 4 heterocycles. The lowest BCUT2D eigenvalue weighted by Gasteiger charge is -2.28. The van der Waals surface area contributed by atoms with Crippen molar-refractivity contribution in [3.63, 3.8) is 0 Å². The molecule has 4 unspecified atom stereocenters. The fourth-order valence-corrected chi connectivity index (χ4v) is 18.0. The number of benzene rings is 2. The van der Waals surface area contributed by atoms with Crippen LogP contribution in [-0.4, -0.2) is 152 Å². The van der Waals surface area contributed by atoms with E-state index in [4.69, 9.17) is 48.2 Å². The smallest absolute Gasteiger partial charge is 0.297 e. The van der Waals surface area contributed by atoms with Gasteiger partial charge in [0, 0.05) is 55.2 Å². The molecule has 10 aliphatic rings. The minimum Gasteiger partial charge on any atom is -0.387 e. The van der Waals surface area contributed by atoms with Crippen LogP contribution in [0.1, 0.15) is 194 Å². The van der Waals surface area contributed by atoms with Gasteiger partial charge >= 0.3 is 0 Å². The van der Waals surface area contributed by atoms with Gasteiger partial charge in [0.1, 0.15) is 37.4 Å². The summed E-state index contributed by atoms with van der Waals surface area (Å²) in [7, 11) is -2.49. The molecule has 7 amide bonds. The van der Waals surface area contributed by atoms with Crippen LogP contribution in [0.15, 0.2) is 70.5 Å². The number of rotatable bonds is 15. The highest BCUT2D eigenvalue weighted by molar-refractivity contribution is 8.13. The molecule has 4 atom stereocenters. The maximum absolute atomic E-state index is 12.4. The summed E-state index contributed by atoms with van der Waals surface area (Å²) >= 11 is 0. The normalized spacial score (nSPS) is 31.3. The quantitative estimate of drug-likeness (QED) is 0.0879. The third-order valence-corrected chi connectivity index (χ3v) is 24.2. The van der Waals surface area contributed by atoms with Crippen molar-refractivity contribution in [1.29, 1.82) is 5.26 Å². The van der Waals surface area contributed by atoms with E-state index >= 15 is 0 Å². The van der Waals surface area contributed by atoms with E-state index in [1.165, 1.54) is 130 Å². The zero-order chi connectivity index (χ0) is 66.6. The standard InChI is InChI=1S/C16H26N2O2.C16H24N2O.C13H16N2O5S.C8H15N.C7H12N2O3.C6H5ClO2S/c1-15-6-8-16(11-15,9-7-15)5-4-13(19)18-10-2-3-12(18)14(17)20;1-15-6-8-16(12-15,9-7-15)5-4-14(19)18-10-2-3-13(18)11-17;14-13(17)11-7-4-8-15(11)12(16)9-20-21(18,19)10-5-2-1-3-6-10;1-7-2-4-8(9,6-7)5-3-7;8-7(12)5-2-1-3-9(5)6(11)4-10;7-10(8,9)6-4-2-1-3-5-6/h12H,2-11H2,1H3,(H2,17,20);13H,2-10,12H2,1H3;1-3,5-6,11H,4,7-9H2,(H2,14,17);2-6,9H2,1H3;5,10H,1-4H2,(H2,8,12);1-5H. The van der Waals surface area contributed by atoms with Gasteiger partial charge in [0.25, 0.3) is 25.1 Å². The van der Waals surface area contributed by atoms with Gasteiger partial charge in [0.15, 0.2) is 0 Å². The van der Waals surface area contributed by atoms with E-state index in [2.05, 4.69) is 26.8 Å². The van der Waals surface area contributed by atoms with Gasteiger partial charge in [-0.25, -0.2) is 8.42 Å². The van der Waals surface area contributed by atoms with Gasteiger partial charge < -0.3 is 47.6 Å². The molecule has 2 aromatic carbocycles. The van der Waals surface area contributed by atoms with Crippen molar-refractivity contribution < 1.29 is 59.7 Å². The number of likely N-dealkylation sites (tertiary alicyclic amines) is 4. The number of hydrogen-bond acceptors (Lipinski definition) is 15.